The summed E-state index contributed by atoms with van der Waals surface area (Å²) in [7, 11) is 0. The van der Waals surface area contributed by atoms with Crippen molar-refractivity contribution < 1.29 is 23.0 Å². The van der Waals surface area contributed by atoms with Crippen molar-refractivity contribution in [1.82, 2.24) is 0 Å². The molecule has 1 aliphatic rings. The van der Waals surface area contributed by atoms with E-state index < -0.39 is 33.1 Å². The van der Waals surface area contributed by atoms with Crippen LogP contribution in [0.5, 0.6) is 0 Å². The molecule has 0 aliphatic carbocycles. The summed E-state index contributed by atoms with van der Waals surface area (Å²) in [6.07, 6.45) is -3.86. The monoisotopic (exact) mass is 378 g/mol. The Balaban J connectivity index is 2.21. The van der Waals surface area contributed by atoms with Crippen LogP contribution in [0.25, 0.3) is 11.6 Å². The average molecular weight is 378 g/mol. The van der Waals surface area contributed by atoms with Crippen LogP contribution < -0.4 is 0 Å². The summed E-state index contributed by atoms with van der Waals surface area (Å²) in [4.78, 5) is 20.3. The van der Waals surface area contributed by atoms with Crippen LogP contribution in [0.2, 0.25) is 0 Å². The van der Waals surface area contributed by atoms with Crippen LogP contribution in [0.3, 0.4) is 0 Å². The molecule has 0 saturated heterocycles. The van der Waals surface area contributed by atoms with Gasteiger partial charge in [0.1, 0.15) is 0 Å². The summed E-state index contributed by atoms with van der Waals surface area (Å²) in [5, 5.41) is 28.3. The number of hydrogen-bond acceptors (Lipinski definition) is 6. The molecule has 0 atom stereocenters. The molecule has 0 unspecified atom stereocenters. The maximum absolute atomic E-state index is 13.5. The molecular weight excluding hydrogens is 369 g/mol. The highest BCUT2D eigenvalue weighted by Gasteiger charge is 2.66. The number of hydrogen-bond donors (Lipinski definition) is 0. The zero-order chi connectivity index (χ0) is 19.8. The molecular formula is C16H9F3N4O4. The summed E-state index contributed by atoms with van der Waals surface area (Å²) in [5.74, 6) is 0. The molecule has 1 heterocycles. The van der Waals surface area contributed by atoms with Gasteiger partial charge in [0.15, 0.2) is 0 Å². The van der Waals surface area contributed by atoms with Crippen LogP contribution in [0.15, 0.2) is 58.8 Å². The third-order valence-corrected chi connectivity index (χ3v) is 3.81. The van der Waals surface area contributed by atoms with Crippen molar-refractivity contribution in [2.24, 2.45) is 10.2 Å². The maximum atomic E-state index is 13.5. The number of non-ortho nitro benzene ring substituents is 2. The van der Waals surface area contributed by atoms with E-state index in [1.54, 1.807) is 6.07 Å². The molecule has 0 amide bonds. The molecule has 1 aliphatic heterocycles. The van der Waals surface area contributed by atoms with Gasteiger partial charge in [0.05, 0.1) is 15.9 Å². The Kier molecular flexibility index (Phi) is 4.22. The third kappa shape index (κ3) is 3.38. The molecule has 0 bridgehead atoms. The predicted octanol–water partition coefficient (Wildman–Crippen LogP) is 4.77. The zero-order valence-electron chi connectivity index (χ0n) is 13.3. The summed E-state index contributed by atoms with van der Waals surface area (Å²) in [6.45, 7) is 0. The van der Waals surface area contributed by atoms with Gasteiger partial charge < -0.3 is 0 Å². The van der Waals surface area contributed by atoms with Crippen LogP contribution in [-0.2, 0) is 0 Å². The lowest BCUT2D eigenvalue weighted by Gasteiger charge is -2.18. The van der Waals surface area contributed by atoms with E-state index in [9.17, 15) is 33.4 Å². The van der Waals surface area contributed by atoms with Gasteiger partial charge >= 0.3 is 11.8 Å². The van der Waals surface area contributed by atoms with E-state index in [1.165, 1.54) is 24.3 Å². The van der Waals surface area contributed by atoms with Gasteiger partial charge in [-0.05, 0) is 17.2 Å². The Morgan fingerprint density at radius 2 is 1.48 bits per heavy atom. The van der Waals surface area contributed by atoms with Crippen molar-refractivity contribution in [2.75, 3.05) is 0 Å². The quantitative estimate of drug-likeness (QED) is 0.424. The molecule has 8 nitrogen and oxygen atoms in total. The highest BCUT2D eigenvalue weighted by atomic mass is 19.4. The lowest BCUT2D eigenvalue weighted by Crippen LogP contribution is -2.33. The van der Waals surface area contributed by atoms with Gasteiger partial charge in [-0.2, -0.15) is 13.2 Å². The van der Waals surface area contributed by atoms with Gasteiger partial charge in [-0.1, -0.05) is 30.3 Å². The molecule has 0 aromatic heterocycles. The van der Waals surface area contributed by atoms with Crippen molar-refractivity contribution in [3.63, 3.8) is 0 Å². The second-order valence-corrected chi connectivity index (χ2v) is 5.59. The molecule has 0 spiro atoms. The second kappa shape index (κ2) is 6.27. The third-order valence-electron chi connectivity index (χ3n) is 3.81. The van der Waals surface area contributed by atoms with Gasteiger partial charge in [0, 0.05) is 17.7 Å². The molecule has 27 heavy (non-hydrogen) atoms. The Bertz CT molecular complexity index is 949. The fourth-order valence-corrected chi connectivity index (χ4v) is 2.51. The van der Waals surface area contributed by atoms with Crippen LogP contribution in [0, 0.1) is 20.2 Å². The SMILES string of the molecule is O=[N+]([O-])c1cc(C=C(c2ccccc2)C2(C(F)(F)F)N=N2)cc([N+](=O)[O-])c1. The van der Waals surface area contributed by atoms with Gasteiger partial charge in [-0.3, -0.25) is 20.2 Å². The number of alkyl halides is 3. The van der Waals surface area contributed by atoms with Crippen molar-refractivity contribution in [2.45, 2.75) is 11.8 Å². The molecule has 0 radical (unpaired) electrons. The summed E-state index contributed by atoms with van der Waals surface area (Å²) < 4.78 is 40.5. The smallest absolute Gasteiger partial charge is 0.258 e. The van der Waals surface area contributed by atoms with Gasteiger partial charge in [0.25, 0.3) is 11.4 Å². The van der Waals surface area contributed by atoms with Crippen LogP contribution in [0.4, 0.5) is 24.5 Å². The number of halogens is 3. The van der Waals surface area contributed by atoms with E-state index in [0.717, 1.165) is 24.3 Å². The van der Waals surface area contributed by atoms with E-state index in [4.69, 9.17) is 0 Å². The molecule has 3 rings (SSSR count). The first-order chi connectivity index (χ1) is 12.6. The minimum atomic E-state index is -4.83. The first-order valence-corrected chi connectivity index (χ1v) is 7.36. The fourth-order valence-electron chi connectivity index (χ4n) is 2.51. The van der Waals surface area contributed by atoms with Crippen molar-refractivity contribution >= 4 is 23.0 Å². The maximum Gasteiger partial charge on any atom is 0.442 e. The zero-order valence-corrected chi connectivity index (χ0v) is 13.3. The Hall–Kier alpha value is -3.63. The fraction of sp³-hybridized carbons (Fsp3) is 0.125. The second-order valence-electron chi connectivity index (χ2n) is 5.59. The highest BCUT2D eigenvalue weighted by Crippen LogP contribution is 2.53. The van der Waals surface area contributed by atoms with Gasteiger partial charge in [-0.25, -0.2) is 0 Å². The van der Waals surface area contributed by atoms with Crippen LogP contribution >= 0.6 is 0 Å². The molecule has 0 N–H and O–H groups in total. The normalized spacial score (nSPS) is 15.4. The Labute approximate surface area is 149 Å². The van der Waals surface area contributed by atoms with E-state index in [0.29, 0.717) is 0 Å². The van der Waals surface area contributed by atoms with Crippen molar-refractivity contribution in [1.29, 1.82) is 0 Å². The van der Waals surface area contributed by atoms with Gasteiger partial charge in [-0.15, -0.1) is 10.2 Å². The summed E-state index contributed by atoms with van der Waals surface area (Å²) in [5.41, 5.74) is -4.43. The van der Waals surface area contributed by atoms with E-state index >= 15 is 0 Å². The van der Waals surface area contributed by atoms with Crippen molar-refractivity contribution in [3.05, 3.63) is 79.9 Å². The standard InChI is InChI=1S/C16H9F3N4O4/c17-16(18,19)15(20-21-15)14(11-4-2-1-3-5-11)8-10-6-12(22(24)25)9-13(7-10)23(26)27/h1-9H. The first kappa shape index (κ1) is 18.2. The molecule has 2 aromatic carbocycles. The largest absolute Gasteiger partial charge is 0.442 e. The Morgan fingerprint density at radius 1 is 0.963 bits per heavy atom. The minimum absolute atomic E-state index is 0.133. The van der Waals surface area contributed by atoms with E-state index in [1.807, 2.05) is 0 Å². The molecule has 2 aromatic rings. The van der Waals surface area contributed by atoms with Crippen LogP contribution in [0.1, 0.15) is 11.1 Å². The lowest BCUT2D eigenvalue weighted by atomic mass is 9.92. The first-order valence-electron chi connectivity index (χ1n) is 7.36. The molecule has 138 valence electrons. The van der Waals surface area contributed by atoms with Gasteiger partial charge in [0.2, 0.25) is 0 Å². The summed E-state index contributed by atoms with van der Waals surface area (Å²) >= 11 is 0. The number of nitrogens with zero attached hydrogens (tertiary/aromatic N) is 4. The summed E-state index contributed by atoms with van der Waals surface area (Å²) in [6, 6.07) is 10.0. The molecule has 11 heteroatoms. The average Bonchev–Trinajstić information content (AvgIpc) is 3.41. The Morgan fingerprint density at radius 3 is 1.89 bits per heavy atom. The van der Waals surface area contributed by atoms with Crippen molar-refractivity contribution in [3.8, 4) is 0 Å². The molecule has 0 saturated carbocycles. The highest BCUT2D eigenvalue weighted by molar-refractivity contribution is 5.89. The number of benzene rings is 2. The number of nitro benzene ring substituents is 2. The van der Waals surface area contributed by atoms with Crippen LogP contribution in [-0.4, -0.2) is 21.7 Å². The van der Waals surface area contributed by atoms with E-state index in [2.05, 4.69) is 10.2 Å². The number of rotatable bonds is 5. The topological polar surface area (TPSA) is 111 Å². The molecule has 0 fully saturated rings. The number of nitro groups is 2. The predicted molar refractivity (Wildman–Crippen MR) is 87.7 cm³/mol. The van der Waals surface area contributed by atoms with E-state index in [-0.39, 0.29) is 16.7 Å². The lowest BCUT2D eigenvalue weighted by molar-refractivity contribution is -0.394. The minimum Gasteiger partial charge on any atom is -0.258 e.